The number of benzene rings is 1. The summed E-state index contributed by atoms with van der Waals surface area (Å²) in [7, 11) is 1.33. The van der Waals surface area contributed by atoms with Crippen molar-refractivity contribution in [3.05, 3.63) is 29.8 Å². The van der Waals surface area contributed by atoms with Crippen LogP contribution in [0.3, 0.4) is 0 Å². The van der Waals surface area contributed by atoms with Crippen LogP contribution >= 0.6 is 0 Å². The lowest BCUT2D eigenvalue weighted by atomic mass is 9.86. The first kappa shape index (κ1) is 16.3. The van der Waals surface area contributed by atoms with Gasteiger partial charge in [0.1, 0.15) is 5.75 Å². The molecular formula is C17H23NO4. The average Bonchev–Trinajstić information content (AvgIpc) is 2.54. The Morgan fingerprint density at radius 3 is 2.77 bits per heavy atom. The normalized spacial score (nSPS) is 21.0. The van der Waals surface area contributed by atoms with Gasteiger partial charge in [-0.15, -0.1) is 0 Å². The van der Waals surface area contributed by atoms with Crippen molar-refractivity contribution in [2.45, 2.75) is 38.6 Å². The number of rotatable bonds is 5. The maximum absolute atomic E-state index is 12.0. The van der Waals surface area contributed by atoms with Gasteiger partial charge >= 0.3 is 5.97 Å². The van der Waals surface area contributed by atoms with E-state index in [1.54, 1.807) is 24.3 Å². The predicted molar refractivity (Wildman–Crippen MR) is 82.8 cm³/mol. The smallest absolute Gasteiger partial charge is 0.337 e. The van der Waals surface area contributed by atoms with Crippen molar-refractivity contribution in [2.24, 2.45) is 5.92 Å². The SMILES string of the molecule is COC(=O)c1cccc(OCC(=O)N[C@H]2CCCC[C@H]2C)c1. The van der Waals surface area contributed by atoms with Crippen molar-refractivity contribution < 1.29 is 19.1 Å². The largest absolute Gasteiger partial charge is 0.484 e. The second-order valence-corrected chi connectivity index (χ2v) is 5.74. The number of carbonyl (C=O) groups is 2. The van der Waals surface area contributed by atoms with Gasteiger partial charge in [0.15, 0.2) is 6.61 Å². The molecule has 0 bridgehead atoms. The Bertz CT molecular complexity index is 529. The van der Waals surface area contributed by atoms with E-state index in [4.69, 9.17) is 4.74 Å². The van der Waals surface area contributed by atoms with Crippen LogP contribution in [0.15, 0.2) is 24.3 Å². The molecule has 2 rings (SSSR count). The van der Waals surface area contributed by atoms with Gasteiger partial charge < -0.3 is 14.8 Å². The molecule has 1 aliphatic carbocycles. The van der Waals surface area contributed by atoms with E-state index in [2.05, 4.69) is 17.0 Å². The summed E-state index contributed by atoms with van der Waals surface area (Å²) in [5, 5.41) is 3.03. The molecule has 0 saturated heterocycles. The van der Waals surface area contributed by atoms with E-state index in [0.717, 1.165) is 19.3 Å². The number of nitrogens with one attached hydrogen (secondary N) is 1. The number of carbonyl (C=O) groups excluding carboxylic acids is 2. The Morgan fingerprint density at radius 2 is 2.05 bits per heavy atom. The third kappa shape index (κ3) is 4.48. The van der Waals surface area contributed by atoms with E-state index in [9.17, 15) is 9.59 Å². The van der Waals surface area contributed by atoms with Crippen molar-refractivity contribution in [1.82, 2.24) is 5.32 Å². The molecule has 5 heteroatoms. The third-order valence-electron chi connectivity index (χ3n) is 4.08. The van der Waals surface area contributed by atoms with Gasteiger partial charge in [0.2, 0.25) is 0 Å². The molecule has 1 fully saturated rings. The van der Waals surface area contributed by atoms with Crippen LogP contribution in [0, 0.1) is 5.92 Å². The zero-order chi connectivity index (χ0) is 15.9. The summed E-state index contributed by atoms with van der Waals surface area (Å²) >= 11 is 0. The lowest BCUT2D eigenvalue weighted by Gasteiger charge is -2.29. The van der Waals surface area contributed by atoms with Crippen molar-refractivity contribution in [3.8, 4) is 5.75 Å². The van der Waals surface area contributed by atoms with E-state index in [0.29, 0.717) is 17.2 Å². The minimum Gasteiger partial charge on any atom is -0.484 e. The maximum Gasteiger partial charge on any atom is 0.337 e. The van der Waals surface area contributed by atoms with Crippen LogP contribution in [-0.4, -0.2) is 31.6 Å². The first-order valence-electron chi connectivity index (χ1n) is 7.70. The first-order valence-corrected chi connectivity index (χ1v) is 7.70. The molecule has 0 heterocycles. The van der Waals surface area contributed by atoms with Gasteiger partial charge in [0.25, 0.3) is 5.91 Å². The summed E-state index contributed by atoms with van der Waals surface area (Å²) in [6, 6.07) is 6.86. The molecule has 0 spiro atoms. The van der Waals surface area contributed by atoms with Gasteiger partial charge in [0.05, 0.1) is 12.7 Å². The van der Waals surface area contributed by atoms with Gasteiger partial charge in [0, 0.05) is 6.04 Å². The summed E-state index contributed by atoms with van der Waals surface area (Å²) < 4.78 is 10.1. The minimum absolute atomic E-state index is 0.0478. The number of ether oxygens (including phenoxy) is 2. The fourth-order valence-corrected chi connectivity index (χ4v) is 2.76. The second kappa shape index (κ2) is 7.82. The van der Waals surface area contributed by atoms with Gasteiger partial charge in [-0.1, -0.05) is 25.8 Å². The van der Waals surface area contributed by atoms with Gasteiger partial charge in [-0.2, -0.15) is 0 Å². The highest BCUT2D eigenvalue weighted by atomic mass is 16.5. The summed E-state index contributed by atoms with van der Waals surface area (Å²) in [5.41, 5.74) is 0.404. The highest BCUT2D eigenvalue weighted by Gasteiger charge is 2.22. The topological polar surface area (TPSA) is 64.6 Å². The average molecular weight is 305 g/mol. The summed E-state index contributed by atoms with van der Waals surface area (Å²) in [6.45, 7) is 2.12. The van der Waals surface area contributed by atoms with Crippen molar-refractivity contribution >= 4 is 11.9 Å². The summed E-state index contributed by atoms with van der Waals surface area (Å²) in [5.74, 6) is 0.447. The van der Waals surface area contributed by atoms with E-state index in [1.165, 1.54) is 13.5 Å². The molecule has 1 amide bonds. The van der Waals surface area contributed by atoms with Crippen LogP contribution in [-0.2, 0) is 9.53 Å². The molecule has 0 radical (unpaired) electrons. The standard InChI is InChI=1S/C17H23NO4/c1-12-6-3-4-9-15(12)18-16(19)11-22-14-8-5-7-13(10-14)17(20)21-2/h5,7-8,10,12,15H,3-4,6,9,11H2,1-2H3,(H,18,19)/t12-,15+/m1/s1. The quantitative estimate of drug-likeness (QED) is 0.849. The van der Waals surface area contributed by atoms with Crippen LogP contribution in [0.4, 0.5) is 0 Å². The number of hydrogen-bond acceptors (Lipinski definition) is 4. The fourth-order valence-electron chi connectivity index (χ4n) is 2.76. The highest BCUT2D eigenvalue weighted by molar-refractivity contribution is 5.89. The number of methoxy groups -OCH3 is 1. The lowest BCUT2D eigenvalue weighted by Crippen LogP contribution is -2.43. The molecule has 2 atom stereocenters. The van der Waals surface area contributed by atoms with Crippen LogP contribution in [0.1, 0.15) is 43.0 Å². The predicted octanol–water partition coefficient (Wildman–Crippen LogP) is 2.55. The monoisotopic (exact) mass is 305 g/mol. The molecule has 0 aliphatic heterocycles. The summed E-state index contributed by atoms with van der Waals surface area (Å²) in [4.78, 5) is 23.4. The van der Waals surface area contributed by atoms with E-state index in [1.807, 2.05) is 0 Å². The summed E-state index contributed by atoms with van der Waals surface area (Å²) in [6.07, 6.45) is 4.60. The van der Waals surface area contributed by atoms with E-state index < -0.39 is 5.97 Å². The van der Waals surface area contributed by atoms with E-state index >= 15 is 0 Å². The molecule has 0 unspecified atom stereocenters. The Morgan fingerprint density at radius 1 is 1.27 bits per heavy atom. The molecule has 1 saturated carbocycles. The highest BCUT2D eigenvalue weighted by Crippen LogP contribution is 2.23. The number of amides is 1. The molecule has 120 valence electrons. The maximum atomic E-state index is 12.0. The Labute approximate surface area is 131 Å². The molecular weight excluding hydrogens is 282 g/mol. The number of hydrogen-bond donors (Lipinski definition) is 1. The minimum atomic E-state index is -0.425. The number of esters is 1. The van der Waals surface area contributed by atoms with Crippen molar-refractivity contribution in [1.29, 1.82) is 0 Å². The van der Waals surface area contributed by atoms with E-state index in [-0.39, 0.29) is 18.6 Å². The van der Waals surface area contributed by atoms with Crippen LogP contribution in [0.2, 0.25) is 0 Å². The molecule has 22 heavy (non-hydrogen) atoms. The second-order valence-electron chi connectivity index (χ2n) is 5.74. The zero-order valence-corrected chi connectivity index (χ0v) is 13.1. The molecule has 5 nitrogen and oxygen atoms in total. The van der Waals surface area contributed by atoms with Gasteiger partial charge in [-0.3, -0.25) is 4.79 Å². The van der Waals surface area contributed by atoms with Gasteiger partial charge in [-0.25, -0.2) is 4.79 Å². The molecule has 1 aliphatic rings. The van der Waals surface area contributed by atoms with Crippen LogP contribution in [0.25, 0.3) is 0 Å². The molecule has 1 aromatic carbocycles. The van der Waals surface area contributed by atoms with Crippen LogP contribution in [0.5, 0.6) is 5.75 Å². The molecule has 1 N–H and O–H groups in total. The van der Waals surface area contributed by atoms with Gasteiger partial charge in [-0.05, 0) is 37.0 Å². The first-order chi connectivity index (χ1) is 10.6. The zero-order valence-electron chi connectivity index (χ0n) is 13.1. The Kier molecular flexibility index (Phi) is 5.81. The Balaban J connectivity index is 1.84. The Hall–Kier alpha value is -2.04. The third-order valence-corrected chi connectivity index (χ3v) is 4.08. The molecule has 0 aromatic heterocycles. The molecule has 1 aromatic rings. The van der Waals surface area contributed by atoms with Crippen LogP contribution < -0.4 is 10.1 Å². The van der Waals surface area contributed by atoms with Crippen molar-refractivity contribution in [3.63, 3.8) is 0 Å². The van der Waals surface area contributed by atoms with Crippen molar-refractivity contribution in [2.75, 3.05) is 13.7 Å². The lowest BCUT2D eigenvalue weighted by molar-refractivity contribution is -0.124. The fraction of sp³-hybridized carbons (Fsp3) is 0.529.